The van der Waals surface area contributed by atoms with Gasteiger partial charge in [-0.05, 0) is 30.0 Å². The molecule has 2 aromatic carbocycles. The Morgan fingerprint density at radius 2 is 2.00 bits per heavy atom. The van der Waals surface area contributed by atoms with Crippen molar-refractivity contribution in [1.29, 1.82) is 0 Å². The molecule has 0 spiro atoms. The lowest BCUT2D eigenvalue weighted by Gasteiger charge is -2.09. The Morgan fingerprint density at radius 1 is 1.23 bits per heavy atom. The highest BCUT2D eigenvalue weighted by Crippen LogP contribution is 2.38. The van der Waals surface area contributed by atoms with Crippen LogP contribution in [0, 0.1) is 13.5 Å². The van der Waals surface area contributed by atoms with Gasteiger partial charge < -0.3 is 4.42 Å². The average Bonchev–Trinajstić information content (AvgIpc) is 3.04. The van der Waals surface area contributed by atoms with E-state index in [0.717, 1.165) is 16.3 Å². The molecule has 128 valence electrons. The van der Waals surface area contributed by atoms with Crippen LogP contribution in [-0.4, -0.2) is 0 Å². The summed E-state index contributed by atoms with van der Waals surface area (Å²) in [5.41, 5.74) is 3.83. The minimum absolute atomic E-state index is 0.0522. The normalized spacial score (nSPS) is 14.0. The second-order valence-corrected chi connectivity index (χ2v) is 6.67. The number of rotatable bonds is 2. The Balaban J connectivity index is 2.18. The maximum Gasteiger partial charge on any atom is 0.216 e. The summed E-state index contributed by atoms with van der Waals surface area (Å²) < 4.78 is 41.8. The van der Waals surface area contributed by atoms with Crippen molar-refractivity contribution in [3.8, 4) is 11.3 Å². The van der Waals surface area contributed by atoms with Crippen molar-refractivity contribution in [2.45, 2.75) is 26.7 Å². The van der Waals surface area contributed by atoms with E-state index in [2.05, 4.69) is 4.85 Å². The fourth-order valence-corrected chi connectivity index (χ4v) is 3.20. The van der Waals surface area contributed by atoms with E-state index >= 15 is 0 Å². The van der Waals surface area contributed by atoms with Crippen molar-refractivity contribution in [3.63, 3.8) is 0 Å². The second kappa shape index (κ2) is 6.00. The first-order valence-corrected chi connectivity index (χ1v) is 8.40. The Morgan fingerprint density at radius 3 is 2.73 bits per heavy atom. The van der Waals surface area contributed by atoms with Crippen molar-refractivity contribution in [3.05, 3.63) is 71.1 Å². The first-order valence-electron chi connectivity index (χ1n) is 10.4. The van der Waals surface area contributed by atoms with Gasteiger partial charge in [-0.15, -0.1) is 0 Å². The SMILES string of the molecule is [2H]c1c(C([2H])(C)C)c([2H])c(-c2c(C)ccc3c2oc2cc([N+]#[C-])ccc23)[n+](C)c1[2H]. The van der Waals surface area contributed by atoms with Crippen LogP contribution in [-0.2, 0) is 7.05 Å². The predicted molar refractivity (Wildman–Crippen MR) is 105 cm³/mol. The monoisotopic (exact) mass is 345 g/mol. The number of furan rings is 1. The molecule has 0 atom stereocenters. The smallest absolute Gasteiger partial charge is 0.216 e. The molecule has 0 aliphatic carbocycles. The van der Waals surface area contributed by atoms with Crippen LogP contribution in [0.1, 0.15) is 36.4 Å². The van der Waals surface area contributed by atoms with Gasteiger partial charge in [0.1, 0.15) is 19.6 Å². The van der Waals surface area contributed by atoms with Gasteiger partial charge in [0, 0.05) is 24.2 Å². The van der Waals surface area contributed by atoms with Crippen LogP contribution in [0.15, 0.2) is 53.0 Å². The van der Waals surface area contributed by atoms with E-state index in [1.807, 2.05) is 25.1 Å². The quantitative estimate of drug-likeness (QED) is 0.319. The van der Waals surface area contributed by atoms with E-state index in [1.54, 1.807) is 33.0 Å². The van der Waals surface area contributed by atoms with Crippen LogP contribution in [0.4, 0.5) is 5.69 Å². The Hall–Kier alpha value is -3.12. The van der Waals surface area contributed by atoms with Gasteiger partial charge in [-0.3, -0.25) is 0 Å². The molecule has 26 heavy (non-hydrogen) atoms. The van der Waals surface area contributed by atoms with Crippen LogP contribution in [0.5, 0.6) is 0 Å². The number of aromatic nitrogens is 1. The second-order valence-electron chi connectivity index (χ2n) is 6.67. The van der Waals surface area contributed by atoms with Gasteiger partial charge in [-0.2, -0.15) is 0 Å². The van der Waals surface area contributed by atoms with Gasteiger partial charge in [0.2, 0.25) is 5.69 Å². The van der Waals surface area contributed by atoms with Gasteiger partial charge in [0.15, 0.2) is 11.9 Å². The molecular formula is C23H21N2O+. The van der Waals surface area contributed by atoms with Crippen molar-refractivity contribution >= 4 is 27.6 Å². The molecule has 3 nitrogen and oxygen atoms in total. The van der Waals surface area contributed by atoms with E-state index in [0.29, 0.717) is 28.1 Å². The third-order valence-corrected chi connectivity index (χ3v) is 4.63. The highest BCUT2D eigenvalue weighted by molar-refractivity contribution is 6.10. The number of aryl methyl sites for hydroxylation is 1. The number of fused-ring (bicyclic) bond motifs is 3. The van der Waals surface area contributed by atoms with Crippen molar-refractivity contribution in [1.82, 2.24) is 0 Å². The standard InChI is InChI=1S/C23H21N2O/c1-14(2)16-10-11-25(5)20(12-16)22-15(3)6-8-19-18-9-7-17(24-4)13-21(18)26-23(19)22/h6-14H,1-3,5H3/q+1/i10D,11D,12D,14D. The van der Waals surface area contributed by atoms with Crippen LogP contribution in [0.3, 0.4) is 0 Å². The van der Waals surface area contributed by atoms with E-state index in [4.69, 9.17) is 16.5 Å². The minimum Gasteiger partial charge on any atom is -0.456 e. The molecule has 4 rings (SSSR count). The van der Waals surface area contributed by atoms with Crippen LogP contribution >= 0.6 is 0 Å². The van der Waals surface area contributed by atoms with Gasteiger partial charge in [-0.1, -0.05) is 38.1 Å². The van der Waals surface area contributed by atoms with Crippen molar-refractivity contribution in [2.24, 2.45) is 7.05 Å². The third-order valence-electron chi connectivity index (χ3n) is 4.63. The van der Waals surface area contributed by atoms with Crippen LogP contribution in [0.2, 0.25) is 0 Å². The molecule has 0 saturated heterocycles. The fraction of sp³-hybridized carbons (Fsp3) is 0.217. The van der Waals surface area contributed by atoms with Crippen LogP contribution in [0.25, 0.3) is 38.0 Å². The molecule has 0 aliphatic heterocycles. The zero-order valence-electron chi connectivity index (χ0n) is 19.2. The first-order chi connectivity index (χ1) is 14.1. The highest BCUT2D eigenvalue weighted by atomic mass is 16.3. The lowest BCUT2D eigenvalue weighted by molar-refractivity contribution is -0.660. The summed E-state index contributed by atoms with van der Waals surface area (Å²) in [5.74, 6) is -1.20. The zero-order valence-corrected chi connectivity index (χ0v) is 15.2. The molecule has 0 saturated carbocycles. The molecule has 0 fully saturated rings. The Kier molecular flexibility index (Phi) is 2.83. The van der Waals surface area contributed by atoms with Gasteiger partial charge in [-0.25, -0.2) is 9.41 Å². The minimum atomic E-state index is -1.20. The zero-order chi connectivity index (χ0) is 22.0. The first kappa shape index (κ1) is 12.3. The number of pyridine rings is 1. The van der Waals surface area contributed by atoms with E-state index in [9.17, 15) is 0 Å². The maximum absolute atomic E-state index is 8.86. The highest BCUT2D eigenvalue weighted by Gasteiger charge is 2.21. The third kappa shape index (κ3) is 2.46. The molecule has 3 heteroatoms. The topological polar surface area (TPSA) is 21.4 Å². The molecule has 4 aromatic rings. The lowest BCUT2D eigenvalue weighted by Crippen LogP contribution is -2.31. The van der Waals surface area contributed by atoms with Crippen molar-refractivity contribution < 1.29 is 14.5 Å². The molecule has 0 aliphatic rings. The Labute approximate surface area is 158 Å². The van der Waals surface area contributed by atoms with E-state index in [1.165, 1.54) is 4.57 Å². The molecule has 0 bridgehead atoms. The predicted octanol–water partition coefficient (Wildman–Crippen LogP) is 6.06. The summed E-state index contributed by atoms with van der Waals surface area (Å²) in [6.45, 7) is 12.4. The van der Waals surface area contributed by atoms with E-state index < -0.39 is 5.89 Å². The average molecular weight is 345 g/mol. The number of hydrogen-bond donors (Lipinski definition) is 0. The maximum atomic E-state index is 8.86. The molecule has 2 heterocycles. The summed E-state index contributed by atoms with van der Waals surface area (Å²) in [4.78, 5) is 3.47. The molecule has 2 aromatic heterocycles. The summed E-state index contributed by atoms with van der Waals surface area (Å²) in [7, 11) is 1.66. The summed E-state index contributed by atoms with van der Waals surface area (Å²) in [6.07, 6.45) is -0.0564. The molecule has 0 amide bonds. The summed E-state index contributed by atoms with van der Waals surface area (Å²) in [5, 5.41) is 1.73. The van der Waals surface area contributed by atoms with E-state index in [-0.39, 0.29) is 23.8 Å². The number of benzene rings is 2. The number of hydrogen-bond acceptors (Lipinski definition) is 1. The van der Waals surface area contributed by atoms with Crippen molar-refractivity contribution in [2.75, 3.05) is 0 Å². The summed E-state index contributed by atoms with van der Waals surface area (Å²) in [6, 6.07) is 9.15. The molecule has 0 N–H and O–H groups in total. The summed E-state index contributed by atoms with van der Waals surface area (Å²) >= 11 is 0. The fourth-order valence-electron chi connectivity index (χ4n) is 3.20. The van der Waals surface area contributed by atoms with Gasteiger partial charge in [0.05, 0.1) is 14.9 Å². The largest absolute Gasteiger partial charge is 0.456 e. The number of nitrogens with zero attached hydrogens (tertiary/aromatic N) is 2. The molecule has 0 unspecified atom stereocenters. The lowest BCUT2D eigenvalue weighted by atomic mass is 9.97. The van der Waals surface area contributed by atoms with Crippen LogP contribution < -0.4 is 4.57 Å². The Bertz CT molecular complexity index is 1390. The molecular weight excluding hydrogens is 320 g/mol. The van der Waals surface area contributed by atoms with Gasteiger partial charge >= 0.3 is 0 Å². The van der Waals surface area contributed by atoms with Gasteiger partial charge in [0.25, 0.3) is 0 Å². The molecule has 0 radical (unpaired) electrons.